The van der Waals surface area contributed by atoms with E-state index in [-0.39, 0.29) is 18.0 Å². The molecule has 1 heterocycles. The molecule has 0 fully saturated rings. The number of ether oxygens (including phenoxy) is 1. The molecule has 0 aromatic carbocycles. The number of allylic oxidation sites excluding steroid dienone is 2. The maximum atomic E-state index is 11.7. The van der Waals surface area contributed by atoms with Crippen molar-refractivity contribution >= 4 is 5.97 Å². The van der Waals surface area contributed by atoms with Gasteiger partial charge in [-0.3, -0.25) is 0 Å². The molecule has 0 spiro atoms. The molecule has 1 aliphatic carbocycles. The van der Waals surface area contributed by atoms with Crippen LogP contribution < -0.4 is 0 Å². The van der Waals surface area contributed by atoms with Crippen molar-refractivity contribution in [3.8, 4) is 0 Å². The third-order valence-electron chi connectivity index (χ3n) is 3.66. The molecule has 0 N–H and O–H groups in total. The Kier molecular flexibility index (Phi) is 3.51. The van der Waals surface area contributed by atoms with E-state index in [0.29, 0.717) is 0 Å². The summed E-state index contributed by atoms with van der Waals surface area (Å²) in [6.07, 6.45) is 7.99. The second-order valence-corrected chi connectivity index (χ2v) is 5.14. The van der Waals surface area contributed by atoms with Gasteiger partial charge in [-0.05, 0) is 45.6 Å². The van der Waals surface area contributed by atoms with Crippen molar-refractivity contribution in [1.82, 2.24) is 0 Å². The van der Waals surface area contributed by atoms with E-state index in [2.05, 4.69) is 19.6 Å². The van der Waals surface area contributed by atoms with E-state index >= 15 is 0 Å². The van der Waals surface area contributed by atoms with Crippen LogP contribution in [-0.2, 0) is 9.53 Å². The predicted octanol–water partition coefficient (Wildman–Crippen LogP) is 3.55. The molecule has 2 rings (SSSR count). The summed E-state index contributed by atoms with van der Waals surface area (Å²) in [4.78, 5) is 11.7. The van der Waals surface area contributed by atoms with Gasteiger partial charge in [0.2, 0.25) is 0 Å². The van der Waals surface area contributed by atoms with Crippen molar-refractivity contribution in [2.24, 2.45) is 5.92 Å². The molecule has 2 nitrogen and oxygen atoms in total. The highest BCUT2D eigenvalue weighted by Gasteiger charge is 2.31. The van der Waals surface area contributed by atoms with Crippen LogP contribution in [0, 0.1) is 5.92 Å². The molecular weight excluding hydrogens is 212 g/mol. The van der Waals surface area contributed by atoms with Crippen molar-refractivity contribution in [3.05, 3.63) is 35.5 Å². The van der Waals surface area contributed by atoms with E-state index in [0.717, 1.165) is 36.8 Å². The molecule has 2 aliphatic rings. The molecule has 2 atom stereocenters. The molecule has 0 amide bonds. The fraction of sp³-hybridized carbons (Fsp3) is 0.533. The summed E-state index contributed by atoms with van der Waals surface area (Å²) in [5, 5.41) is 0. The van der Waals surface area contributed by atoms with Gasteiger partial charge in [0.1, 0.15) is 6.10 Å². The Balaban J connectivity index is 2.24. The number of rotatable bonds is 1. The number of hydrogen-bond acceptors (Lipinski definition) is 2. The average Bonchev–Trinajstić information content (AvgIpc) is 2.59. The first kappa shape index (κ1) is 12.2. The van der Waals surface area contributed by atoms with Crippen molar-refractivity contribution in [3.63, 3.8) is 0 Å². The molecule has 0 aromatic rings. The predicted molar refractivity (Wildman–Crippen MR) is 68.5 cm³/mol. The zero-order chi connectivity index (χ0) is 12.4. The molecular formula is C15H20O2. The Bertz CT molecular complexity index is 401. The minimum atomic E-state index is -0.130. The normalized spacial score (nSPS) is 32.2. The summed E-state index contributed by atoms with van der Waals surface area (Å²) < 4.78 is 5.45. The van der Waals surface area contributed by atoms with Crippen molar-refractivity contribution in [1.29, 1.82) is 0 Å². The molecule has 0 radical (unpaired) electrons. The second-order valence-electron chi connectivity index (χ2n) is 5.14. The summed E-state index contributed by atoms with van der Waals surface area (Å²) in [6, 6.07) is 0. The molecule has 0 saturated carbocycles. The molecule has 2 heteroatoms. The second kappa shape index (κ2) is 4.91. The van der Waals surface area contributed by atoms with Gasteiger partial charge in [-0.1, -0.05) is 23.8 Å². The van der Waals surface area contributed by atoms with Crippen LogP contribution in [0.5, 0.6) is 0 Å². The lowest BCUT2D eigenvalue weighted by Crippen LogP contribution is -2.21. The number of esters is 1. The first-order valence-corrected chi connectivity index (χ1v) is 6.30. The molecule has 0 saturated heterocycles. The first-order valence-electron chi connectivity index (χ1n) is 6.30. The third-order valence-corrected chi connectivity index (χ3v) is 3.66. The highest BCUT2D eigenvalue weighted by molar-refractivity contribution is 5.91. The first-order chi connectivity index (χ1) is 8.08. The zero-order valence-electron chi connectivity index (χ0n) is 10.7. The van der Waals surface area contributed by atoms with Crippen LogP contribution in [0.4, 0.5) is 0 Å². The van der Waals surface area contributed by atoms with Crippen LogP contribution in [0.25, 0.3) is 0 Å². The van der Waals surface area contributed by atoms with Crippen molar-refractivity contribution < 1.29 is 9.53 Å². The Hall–Kier alpha value is -1.31. The third kappa shape index (κ3) is 2.68. The van der Waals surface area contributed by atoms with E-state index in [1.807, 2.05) is 13.0 Å². The van der Waals surface area contributed by atoms with Crippen LogP contribution in [0.1, 0.15) is 39.5 Å². The smallest absolute Gasteiger partial charge is 0.334 e. The van der Waals surface area contributed by atoms with Crippen LogP contribution >= 0.6 is 0 Å². The Morgan fingerprint density at radius 2 is 2.24 bits per heavy atom. The zero-order valence-corrected chi connectivity index (χ0v) is 10.7. The maximum Gasteiger partial charge on any atom is 0.334 e. The van der Waals surface area contributed by atoms with Gasteiger partial charge in [0.05, 0.1) is 0 Å². The molecule has 0 aromatic heterocycles. The molecule has 1 aliphatic heterocycles. The van der Waals surface area contributed by atoms with Gasteiger partial charge >= 0.3 is 5.97 Å². The highest BCUT2D eigenvalue weighted by atomic mass is 16.5. The van der Waals surface area contributed by atoms with Crippen LogP contribution in [0.15, 0.2) is 35.5 Å². The molecule has 0 unspecified atom stereocenters. The number of fused-ring (bicyclic) bond motifs is 1. The van der Waals surface area contributed by atoms with Gasteiger partial charge in [-0.2, -0.15) is 0 Å². The van der Waals surface area contributed by atoms with Gasteiger partial charge in [0, 0.05) is 11.5 Å². The Labute approximate surface area is 103 Å². The van der Waals surface area contributed by atoms with Gasteiger partial charge in [-0.25, -0.2) is 4.79 Å². The monoisotopic (exact) mass is 232 g/mol. The lowest BCUT2D eigenvalue weighted by atomic mass is 9.87. The van der Waals surface area contributed by atoms with Crippen molar-refractivity contribution in [2.75, 3.05) is 0 Å². The minimum Gasteiger partial charge on any atom is -0.454 e. The Morgan fingerprint density at radius 3 is 2.94 bits per heavy atom. The summed E-state index contributed by atoms with van der Waals surface area (Å²) >= 11 is 0. The van der Waals surface area contributed by atoms with Gasteiger partial charge in [0.25, 0.3) is 0 Å². The van der Waals surface area contributed by atoms with E-state index in [4.69, 9.17) is 4.74 Å². The van der Waals surface area contributed by atoms with E-state index in [1.165, 1.54) is 5.57 Å². The molecule has 17 heavy (non-hydrogen) atoms. The largest absolute Gasteiger partial charge is 0.454 e. The summed E-state index contributed by atoms with van der Waals surface area (Å²) in [7, 11) is 0. The van der Waals surface area contributed by atoms with Crippen molar-refractivity contribution in [2.45, 2.75) is 45.6 Å². The average molecular weight is 232 g/mol. The molecule has 2 bridgehead atoms. The topological polar surface area (TPSA) is 26.3 Å². The van der Waals surface area contributed by atoms with Gasteiger partial charge < -0.3 is 4.74 Å². The molecule has 92 valence electrons. The number of carbonyl (C=O) groups excluding carboxylic acids is 1. The summed E-state index contributed by atoms with van der Waals surface area (Å²) in [5.74, 6) is 0.132. The fourth-order valence-electron chi connectivity index (χ4n) is 2.53. The number of hydrogen-bond donors (Lipinski definition) is 0. The van der Waals surface area contributed by atoms with E-state index in [9.17, 15) is 4.79 Å². The summed E-state index contributed by atoms with van der Waals surface area (Å²) in [5.41, 5.74) is 3.35. The SMILES string of the molecule is C=C(C)[C@H]1CC/C(C)=C\CCC2=C[C@H]1OC2=O. The maximum absolute atomic E-state index is 11.7. The fourth-order valence-corrected chi connectivity index (χ4v) is 2.53. The Morgan fingerprint density at radius 1 is 1.47 bits per heavy atom. The highest BCUT2D eigenvalue weighted by Crippen LogP contribution is 2.32. The summed E-state index contributed by atoms with van der Waals surface area (Å²) in [6.45, 7) is 8.22. The lowest BCUT2D eigenvalue weighted by Gasteiger charge is -2.22. The van der Waals surface area contributed by atoms with Crippen LogP contribution in [0.3, 0.4) is 0 Å². The van der Waals surface area contributed by atoms with E-state index < -0.39 is 0 Å². The standard InChI is InChI=1S/C15H20O2/c1-10(2)13-8-7-11(3)5-4-6-12-9-14(13)17-15(12)16/h5,9,13-14H,1,4,6-8H2,2-3H3/b11-5-/t13-,14-/m1/s1. The van der Waals surface area contributed by atoms with Gasteiger partial charge in [-0.15, -0.1) is 0 Å². The quantitative estimate of drug-likeness (QED) is 0.510. The number of carbonyl (C=O) groups is 1. The lowest BCUT2D eigenvalue weighted by molar-refractivity contribution is -0.141. The van der Waals surface area contributed by atoms with Gasteiger partial charge in [0.15, 0.2) is 0 Å². The van der Waals surface area contributed by atoms with Crippen LogP contribution in [-0.4, -0.2) is 12.1 Å². The minimum absolute atomic E-state index is 0.0825. The van der Waals surface area contributed by atoms with Crippen LogP contribution in [0.2, 0.25) is 0 Å². The van der Waals surface area contributed by atoms with E-state index in [1.54, 1.807) is 0 Å².